The van der Waals surface area contributed by atoms with Gasteiger partial charge in [-0.15, -0.1) is 0 Å². The highest BCUT2D eigenvalue weighted by atomic mass is 35.5. The van der Waals surface area contributed by atoms with Crippen LogP contribution in [0.15, 0.2) is 18.2 Å². The van der Waals surface area contributed by atoms with Gasteiger partial charge < -0.3 is 4.74 Å². The molecule has 0 aliphatic heterocycles. The van der Waals surface area contributed by atoms with Crippen molar-refractivity contribution >= 4 is 17.4 Å². The van der Waals surface area contributed by atoms with Crippen LogP contribution in [0.2, 0.25) is 5.02 Å². The van der Waals surface area contributed by atoms with E-state index in [-0.39, 0.29) is 11.7 Å². The summed E-state index contributed by atoms with van der Waals surface area (Å²) in [6.07, 6.45) is 2.33. The number of halogens is 1. The molecule has 0 N–H and O–H groups in total. The van der Waals surface area contributed by atoms with E-state index in [2.05, 4.69) is 0 Å². The Morgan fingerprint density at radius 3 is 2.69 bits per heavy atom. The van der Waals surface area contributed by atoms with Crippen molar-refractivity contribution in [2.75, 3.05) is 7.11 Å². The SMILES string of the molecule is COc1ccc(C(=O)C(C)C2CC2)c(Cl)c1. The molecule has 1 aliphatic carbocycles. The van der Waals surface area contributed by atoms with E-state index in [1.165, 1.54) is 12.8 Å². The van der Waals surface area contributed by atoms with E-state index in [0.717, 1.165) is 0 Å². The van der Waals surface area contributed by atoms with Gasteiger partial charge in [0.15, 0.2) is 5.78 Å². The molecule has 0 heterocycles. The van der Waals surface area contributed by atoms with Crippen molar-refractivity contribution in [2.24, 2.45) is 11.8 Å². The van der Waals surface area contributed by atoms with Crippen LogP contribution in [0.3, 0.4) is 0 Å². The molecule has 0 bridgehead atoms. The molecule has 3 heteroatoms. The number of Topliss-reactive ketones (excluding diaryl/α,β-unsaturated/α-hetero) is 1. The first kappa shape index (κ1) is 11.5. The van der Waals surface area contributed by atoms with Crippen LogP contribution in [-0.2, 0) is 0 Å². The van der Waals surface area contributed by atoms with Gasteiger partial charge in [0.1, 0.15) is 5.75 Å². The molecule has 1 fully saturated rings. The van der Waals surface area contributed by atoms with Crippen LogP contribution in [-0.4, -0.2) is 12.9 Å². The van der Waals surface area contributed by atoms with Crippen LogP contribution in [0, 0.1) is 11.8 Å². The second-order valence-electron chi connectivity index (χ2n) is 4.34. The van der Waals surface area contributed by atoms with Crippen molar-refractivity contribution < 1.29 is 9.53 Å². The lowest BCUT2D eigenvalue weighted by Crippen LogP contribution is -2.13. The molecule has 0 aromatic heterocycles. The van der Waals surface area contributed by atoms with Gasteiger partial charge in [0, 0.05) is 11.5 Å². The quantitative estimate of drug-likeness (QED) is 0.750. The fourth-order valence-electron chi connectivity index (χ4n) is 1.88. The maximum absolute atomic E-state index is 12.1. The molecule has 1 aromatic carbocycles. The summed E-state index contributed by atoms with van der Waals surface area (Å²) in [7, 11) is 1.58. The van der Waals surface area contributed by atoms with E-state index in [9.17, 15) is 4.79 Å². The Morgan fingerprint density at radius 2 is 2.19 bits per heavy atom. The van der Waals surface area contributed by atoms with Crippen molar-refractivity contribution in [1.29, 1.82) is 0 Å². The maximum Gasteiger partial charge on any atom is 0.167 e. The minimum atomic E-state index is 0.0888. The fraction of sp³-hybridized carbons (Fsp3) is 0.462. The zero-order valence-electron chi connectivity index (χ0n) is 9.50. The molecule has 1 atom stereocenters. The molecular formula is C13H15ClO2. The van der Waals surface area contributed by atoms with Crippen LogP contribution in [0.5, 0.6) is 5.75 Å². The smallest absolute Gasteiger partial charge is 0.167 e. The van der Waals surface area contributed by atoms with Gasteiger partial charge in [-0.25, -0.2) is 0 Å². The van der Waals surface area contributed by atoms with Crippen molar-refractivity contribution in [2.45, 2.75) is 19.8 Å². The zero-order chi connectivity index (χ0) is 11.7. The summed E-state index contributed by atoms with van der Waals surface area (Å²) in [4.78, 5) is 12.1. The lowest BCUT2D eigenvalue weighted by atomic mass is 9.95. The summed E-state index contributed by atoms with van der Waals surface area (Å²) >= 11 is 6.07. The van der Waals surface area contributed by atoms with Gasteiger partial charge in [0.05, 0.1) is 12.1 Å². The first-order chi connectivity index (χ1) is 7.63. The third-order valence-corrected chi connectivity index (χ3v) is 3.50. The predicted molar refractivity (Wildman–Crippen MR) is 64.2 cm³/mol. The number of ether oxygens (including phenoxy) is 1. The van der Waals surface area contributed by atoms with E-state index in [1.54, 1.807) is 25.3 Å². The highest BCUT2D eigenvalue weighted by molar-refractivity contribution is 6.34. The maximum atomic E-state index is 12.1. The first-order valence-electron chi connectivity index (χ1n) is 5.51. The third-order valence-electron chi connectivity index (χ3n) is 3.18. The van der Waals surface area contributed by atoms with Crippen LogP contribution < -0.4 is 4.74 Å². The second-order valence-corrected chi connectivity index (χ2v) is 4.74. The van der Waals surface area contributed by atoms with Gasteiger partial charge in [0.25, 0.3) is 0 Å². The number of hydrogen-bond acceptors (Lipinski definition) is 2. The average molecular weight is 239 g/mol. The topological polar surface area (TPSA) is 26.3 Å². The lowest BCUT2D eigenvalue weighted by molar-refractivity contribution is 0.0916. The molecule has 16 heavy (non-hydrogen) atoms. The van der Waals surface area contributed by atoms with Gasteiger partial charge in [-0.2, -0.15) is 0 Å². The molecular weight excluding hydrogens is 224 g/mol. The monoisotopic (exact) mass is 238 g/mol. The minimum absolute atomic E-state index is 0.0888. The average Bonchev–Trinajstić information content (AvgIpc) is 3.10. The van der Waals surface area contributed by atoms with Crippen molar-refractivity contribution in [1.82, 2.24) is 0 Å². The number of rotatable bonds is 4. The van der Waals surface area contributed by atoms with Crippen molar-refractivity contribution in [3.8, 4) is 5.75 Å². The predicted octanol–water partition coefficient (Wildman–Crippen LogP) is 3.58. The lowest BCUT2D eigenvalue weighted by Gasteiger charge is -2.11. The number of benzene rings is 1. The van der Waals surface area contributed by atoms with Crippen LogP contribution in [0.1, 0.15) is 30.1 Å². The molecule has 0 saturated heterocycles. The summed E-state index contributed by atoms with van der Waals surface area (Å²) in [5.74, 6) is 1.48. The number of ketones is 1. The van der Waals surface area contributed by atoms with Gasteiger partial charge in [-0.3, -0.25) is 4.79 Å². The largest absolute Gasteiger partial charge is 0.497 e. The fourth-order valence-corrected chi connectivity index (χ4v) is 2.14. The van der Waals surface area contributed by atoms with Gasteiger partial charge >= 0.3 is 0 Å². The van der Waals surface area contributed by atoms with E-state index in [0.29, 0.717) is 22.3 Å². The normalized spacial score (nSPS) is 16.9. The Morgan fingerprint density at radius 1 is 1.50 bits per heavy atom. The molecule has 86 valence electrons. The summed E-state index contributed by atoms with van der Waals surface area (Å²) < 4.78 is 5.05. The molecule has 0 amide bonds. The third kappa shape index (κ3) is 2.22. The first-order valence-corrected chi connectivity index (χ1v) is 5.89. The van der Waals surface area contributed by atoms with Gasteiger partial charge in [0.2, 0.25) is 0 Å². The van der Waals surface area contributed by atoms with Gasteiger partial charge in [-0.1, -0.05) is 18.5 Å². The van der Waals surface area contributed by atoms with Crippen molar-refractivity contribution in [3.05, 3.63) is 28.8 Å². The number of hydrogen-bond donors (Lipinski definition) is 0. The van der Waals surface area contributed by atoms with Crippen LogP contribution in [0.4, 0.5) is 0 Å². The van der Waals surface area contributed by atoms with E-state index < -0.39 is 0 Å². The molecule has 2 nitrogen and oxygen atoms in total. The molecule has 1 saturated carbocycles. The van der Waals surface area contributed by atoms with Gasteiger partial charge in [-0.05, 0) is 37.0 Å². The molecule has 0 spiro atoms. The summed E-state index contributed by atoms with van der Waals surface area (Å²) in [5, 5.41) is 0.483. The molecule has 0 radical (unpaired) electrons. The standard InChI is InChI=1S/C13H15ClO2/c1-8(9-3-4-9)13(15)11-6-5-10(16-2)7-12(11)14/h5-9H,3-4H2,1-2H3. The minimum Gasteiger partial charge on any atom is -0.497 e. The molecule has 1 aliphatic rings. The Labute approximate surface area is 101 Å². The van der Waals surface area contributed by atoms with Crippen LogP contribution in [0.25, 0.3) is 0 Å². The zero-order valence-corrected chi connectivity index (χ0v) is 10.3. The van der Waals surface area contributed by atoms with E-state index >= 15 is 0 Å². The Hall–Kier alpha value is -1.02. The Kier molecular flexibility index (Phi) is 3.20. The second kappa shape index (κ2) is 4.46. The van der Waals surface area contributed by atoms with Crippen molar-refractivity contribution in [3.63, 3.8) is 0 Å². The van der Waals surface area contributed by atoms with E-state index in [1.807, 2.05) is 6.92 Å². The van der Waals surface area contributed by atoms with Crippen LogP contribution >= 0.6 is 11.6 Å². The molecule has 1 unspecified atom stereocenters. The molecule has 2 rings (SSSR count). The number of methoxy groups -OCH3 is 1. The Bertz CT molecular complexity index is 410. The molecule has 1 aromatic rings. The summed E-state index contributed by atoms with van der Waals surface area (Å²) in [6, 6.07) is 5.22. The highest BCUT2D eigenvalue weighted by Gasteiger charge is 2.33. The summed E-state index contributed by atoms with van der Waals surface area (Å²) in [6.45, 7) is 1.99. The highest BCUT2D eigenvalue weighted by Crippen LogP contribution is 2.39. The summed E-state index contributed by atoms with van der Waals surface area (Å²) in [5.41, 5.74) is 0.613. The van der Waals surface area contributed by atoms with E-state index in [4.69, 9.17) is 16.3 Å². The number of carbonyl (C=O) groups is 1. The Balaban J connectivity index is 2.22. The number of carbonyl (C=O) groups excluding carboxylic acids is 1.